The van der Waals surface area contributed by atoms with Gasteiger partial charge < -0.3 is 14.0 Å². The Morgan fingerprint density at radius 2 is 1.07 bits per heavy atom. The molecule has 0 saturated heterocycles. The van der Waals surface area contributed by atoms with Crippen LogP contribution in [-0.2, 0) is 4.43 Å². The Hall–Kier alpha value is -1.81. The third-order valence-electron chi connectivity index (χ3n) is 4.91. The molecule has 3 rings (SSSR count). The molecular weight excluding hydrogens is 371 g/mol. The van der Waals surface area contributed by atoms with Gasteiger partial charge >= 0.3 is 8.80 Å². The average Bonchev–Trinajstić information content (AvgIpc) is 2.73. The Morgan fingerprint density at radius 3 is 1.41 bits per heavy atom. The van der Waals surface area contributed by atoms with E-state index in [1.54, 1.807) is 0 Å². The van der Waals surface area contributed by atoms with Gasteiger partial charge in [-0.25, -0.2) is 0 Å². The molecule has 0 aliphatic rings. The van der Waals surface area contributed by atoms with E-state index in [4.69, 9.17) is 4.43 Å². The summed E-state index contributed by atoms with van der Waals surface area (Å²) in [4.78, 5) is 20.0. The van der Waals surface area contributed by atoms with Crippen molar-refractivity contribution >= 4 is 32.0 Å². The molecule has 0 aliphatic heterocycles. The predicted molar refractivity (Wildman–Crippen MR) is 117 cm³/mol. The summed E-state index contributed by atoms with van der Waals surface area (Å²) in [5, 5.41) is 3.92. The van der Waals surface area contributed by atoms with Crippen molar-refractivity contribution in [3.63, 3.8) is 0 Å². The molecule has 3 aromatic carbocycles. The van der Waals surface area contributed by atoms with Gasteiger partial charge in [0.25, 0.3) is 0 Å². The zero-order valence-electron chi connectivity index (χ0n) is 15.5. The first-order chi connectivity index (χ1) is 13.1. The molecule has 0 aromatic heterocycles. The van der Waals surface area contributed by atoms with Gasteiger partial charge in [0, 0.05) is 13.2 Å². The molecule has 0 heterocycles. The zero-order chi connectivity index (χ0) is 19.2. The molecule has 0 atom stereocenters. The van der Waals surface area contributed by atoms with Crippen LogP contribution in [0.1, 0.15) is 6.42 Å². The Labute approximate surface area is 163 Å². The van der Waals surface area contributed by atoms with Crippen LogP contribution in [0.2, 0.25) is 6.04 Å². The highest BCUT2D eigenvalue weighted by atomic mass is 31.2. The number of hydrogen-bond acceptors (Lipinski definition) is 3. The largest absolute Gasteiger partial charge is 0.495 e. The van der Waals surface area contributed by atoms with Crippen molar-refractivity contribution < 1.29 is 14.0 Å². The summed E-state index contributed by atoms with van der Waals surface area (Å²) >= 11 is 0. The van der Waals surface area contributed by atoms with Crippen LogP contribution in [0.5, 0.6) is 0 Å². The van der Waals surface area contributed by atoms with Crippen LogP contribution in [-0.4, -0.2) is 31.7 Å². The van der Waals surface area contributed by atoms with E-state index < -0.39 is 16.1 Å². The van der Waals surface area contributed by atoms with E-state index in [1.807, 2.05) is 18.2 Å². The van der Waals surface area contributed by atoms with Crippen LogP contribution < -0.4 is 15.9 Å². The summed E-state index contributed by atoms with van der Waals surface area (Å²) in [5.41, 5.74) is 0. The molecule has 0 fully saturated rings. The molecule has 140 valence electrons. The highest BCUT2D eigenvalue weighted by Gasteiger charge is 2.45. The summed E-state index contributed by atoms with van der Waals surface area (Å²) in [6, 6.07) is 32.1. The summed E-state index contributed by atoms with van der Waals surface area (Å²) in [5.74, 6) is 0. The van der Waals surface area contributed by atoms with Crippen molar-refractivity contribution in [1.82, 2.24) is 0 Å². The van der Waals surface area contributed by atoms with Crippen LogP contribution in [0, 0.1) is 0 Å². The molecule has 3 aromatic rings. The highest BCUT2D eigenvalue weighted by molar-refractivity contribution is 7.95. The second kappa shape index (κ2) is 8.92. The molecule has 27 heavy (non-hydrogen) atoms. The fourth-order valence-corrected chi connectivity index (χ4v) is 9.01. The van der Waals surface area contributed by atoms with E-state index in [0.717, 1.165) is 6.16 Å². The fraction of sp³-hybridized carbons (Fsp3) is 0.182. The predicted octanol–water partition coefficient (Wildman–Crippen LogP) is 2.94. The van der Waals surface area contributed by atoms with Crippen LogP contribution in [0.15, 0.2) is 91.0 Å². The molecule has 2 N–H and O–H groups in total. The lowest BCUT2D eigenvalue weighted by Crippen LogP contribution is -2.39. The Balaban J connectivity index is 2.11. The van der Waals surface area contributed by atoms with Gasteiger partial charge in [-0.15, -0.1) is 0 Å². The van der Waals surface area contributed by atoms with Gasteiger partial charge in [0.05, 0.1) is 6.16 Å². The van der Waals surface area contributed by atoms with E-state index in [9.17, 15) is 9.59 Å². The maximum absolute atomic E-state index is 10.0. The molecule has 3 nitrogen and oxygen atoms in total. The molecule has 0 bridgehead atoms. The van der Waals surface area contributed by atoms with Crippen LogP contribution in [0.25, 0.3) is 0 Å². The highest BCUT2D eigenvalue weighted by Crippen LogP contribution is 2.56. The number of hydrogen-bond donors (Lipinski definition) is 2. The molecule has 0 aliphatic carbocycles. The summed E-state index contributed by atoms with van der Waals surface area (Å²) in [6.07, 6.45) is 1.56. The molecular formula is C22H26O3PSi+. The molecule has 0 spiro atoms. The summed E-state index contributed by atoms with van der Waals surface area (Å²) in [6.45, 7) is 0. The maximum atomic E-state index is 10.0. The minimum absolute atomic E-state index is 0.303. The van der Waals surface area contributed by atoms with Crippen molar-refractivity contribution in [2.24, 2.45) is 0 Å². The maximum Gasteiger partial charge on any atom is 0.495 e. The van der Waals surface area contributed by atoms with Crippen LogP contribution in [0.4, 0.5) is 0 Å². The van der Waals surface area contributed by atoms with Crippen molar-refractivity contribution in [1.29, 1.82) is 0 Å². The third-order valence-corrected chi connectivity index (χ3v) is 11.1. The summed E-state index contributed by atoms with van der Waals surface area (Å²) in [7, 11) is -4.09. The van der Waals surface area contributed by atoms with E-state index in [1.165, 1.54) is 23.0 Å². The second-order valence-electron chi connectivity index (χ2n) is 6.59. The van der Waals surface area contributed by atoms with Gasteiger partial charge in [-0.1, -0.05) is 54.6 Å². The van der Waals surface area contributed by atoms with Crippen molar-refractivity contribution in [3.05, 3.63) is 91.0 Å². The second-order valence-corrected chi connectivity index (χ2v) is 12.6. The fourth-order valence-electron chi connectivity index (χ4n) is 3.53. The molecule has 0 unspecified atom stereocenters. The van der Waals surface area contributed by atoms with E-state index >= 15 is 0 Å². The summed E-state index contributed by atoms with van der Waals surface area (Å²) < 4.78 is 4.93. The monoisotopic (exact) mass is 397 g/mol. The smallest absolute Gasteiger partial charge is 0.390 e. The van der Waals surface area contributed by atoms with Crippen LogP contribution in [0.3, 0.4) is 0 Å². The minimum atomic E-state index is -3.56. The topological polar surface area (TPSA) is 49.7 Å². The third kappa shape index (κ3) is 4.54. The van der Waals surface area contributed by atoms with Gasteiger partial charge in [0.15, 0.2) is 0 Å². The minimum Gasteiger partial charge on any atom is -0.390 e. The first-order valence-electron chi connectivity index (χ1n) is 9.13. The zero-order valence-corrected chi connectivity index (χ0v) is 17.4. The molecule has 0 saturated carbocycles. The van der Waals surface area contributed by atoms with Crippen molar-refractivity contribution in [2.45, 2.75) is 12.5 Å². The SMILES string of the molecule is CO[Si](O)(O)CCC[P+](c1ccccc1)(c1ccccc1)c1ccccc1. The van der Waals surface area contributed by atoms with Crippen molar-refractivity contribution in [3.8, 4) is 0 Å². The van der Waals surface area contributed by atoms with Gasteiger partial charge in [0.1, 0.15) is 23.2 Å². The van der Waals surface area contributed by atoms with Crippen LogP contribution >= 0.6 is 7.26 Å². The first kappa shape index (κ1) is 19.9. The lowest BCUT2D eigenvalue weighted by atomic mass is 10.4. The Kier molecular flexibility index (Phi) is 6.58. The van der Waals surface area contributed by atoms with Crippen molar-refractivity contribution in [2.75, 3.05) is 13.3 Å². The normalized spacial score (nSPS) is 12.1. The van der Waals surface area contributed by atoms with E-state index in [-0.39, 0.29) is 0 Å². The van der Waals surface area contributed by atoms with E-state index in [0.29, 0.717) is 12.5 Å². The van der Waals surface area contributed by atoms with E-state index in [2.05, 4.69) is 72.8 Å². The molecule has 0 radical (unpaired) electrons. The van der Waals surface area contributed by atoms with Gasteiger partial charge in [-0.2, -0.15) is 0 Å². The molecule has 0 amide bonds. The Bertz CT molecular complexity index is 729. The standard InChI is InChI=1S/C22H26O3PSi/c1-25-27(23,24)19-11-18-26(20-12-5-2-6-13-20,21-14-7-3-8-15-21)22-16-9-4-10-17-22/h2-10,12-17,23-24H,11,18-19H2,1H3/q+1. The quantitative estimate of drug-likeness (QED) is 0.454. The number of benzene rings is 3. The molecule has 5 heteroatoms. The lowest BCUT2D eigenvalue weighted by molar-refractivity contribution is 0.184. The lowest BCUT2D eigenvalue weighted by Gasteiger charge is -2.28. The Morgan fingerprint density at radius 1 is 0.704 bits per heavy atom. The first-order valence-corrected chi connectivity index (χ1v) is 13.1. The number of rotatable bonds is 8. The van der Waals surface area contributed by atoms with Gasteiger partial charge in [-0.05, 0) is 42.8 Å². The average molecular weight is 398 g/mol. The van der Waals surface area contributed by atoms with Gasteiger partial charge in [0.2, 0.25) is 0 Å². The van der Waals surface area contributed by atoms with Gasteiger partial charge in [-0.3, -0.25) is 0 Å².